The summed E-state index contributed by atoms with van der Waals surface area (Å²) in [5.74, 6) is 0. The molecular formula is C19H33N3. The van der Waals surface area contributed by atoms with Gasteiger partial charge < -0.3 is 9.80 Å². The number of aryl methyl sites for hydroxylation is 1. The van der Waals surface area contributed by atoms with Crippen molar-refractivity contribution in [1.29, 1.82) is 0 Å². The average molecular weight is 303 g/mol. The van der Waals surface area contributed by atoms with Crippen LogP contribution in [-0.2, 0) is 6.42 Å². The van der Waals surface area contributed by atoms with Gasteiger partial charge in [0, 0.05) is 39.3 Å². The van der Waals surface area contributed by atoms with E-state index in [9.17, 15) is 0 Å². The van der Waals surface area contributed by atoms with E-state index in [0.29, 0.717) is 0 Å². The lowest BCUT2D eigenvalue weighted by atomic mass is 10.1. The summed E-state index contributed by atoms with van der Waals surface area (Å²) in [5.41, 5.74) is 1.47. The van der Waals surface area contributed by atoms with Crippen molar-refractivity contribution in [2.75, 3.05) is 58.9 Å². The summed E-state index contributed by atoms with van der Waals surface area (Å²) >= 11 is 0. The zero-order valence-electron chi connectivity index (χ0n) is 14.5. The first-order valence-corrected chi connectivity index (χ1v) is 9.02. The molecular weight excluding hydrogens is 270 g/mol. The fourth-order valence-electron chi connectivity index (χ4n) is 3.21. The van der Waals surface area contributed by atoms with Crippen LogP contribution in [0.2, 0.25) is 0 Å². The second-order valence-electron chi connectivity index (χ2n) is 6.30. The van der Waals surface area contributed by atoms with E-state index in [1.807, 2.05) is 0 Å². The highest BCUT2D eigenvalue weighted by Crippen LogP contribution is 2.06. The summed E-state index contributed by atoms with van der Waals surface area (Å²) in [4.78, 5) is 7.79. The smallest absolute Gasteiger partial charge is 0.0110 e. The molecule has 3 nitrogen and oxygen atoms in total. The van der Waals surface area contributed by atoms with Crippen LogP contribution in [0.3, 0.4) is 0 Å². The number of hydrogen-bond donors (Lipinski definition) is 0. The largest absolute Gasteiger partial charge is 0.303 e. The van der Waals surface area contributed by atoms with Gasteiger partial charge in [0.25, 0.3) is 0 Å². The molecule has 1 heterocycles. The topological polar surface area (TPSA) is 9.72 Å². The molecule has 0 saturated carbocycles. The zero-order valence-corrected chi connectivity index (χ0v) is 14.5. The molecule has 0 N–H and O–H groups in total. The van der Waals surface area contributed by atoms with Crippen molar-refractivity contribution in [2.45, 2.75) is 26.7 Å². The van der Waals surface area contributed by atoms with Crippen LogP contribution >= 0.6 is 0 Å². The zero-order chi connectivity index (χ0) is 15.6. The average Bonchev–Trinajstić information content (AvgIpc) is 2.58. The molecule has 0 aromatic heterocycles. The summed E-state index contributed by atoms with van der Waals surface area (Å²) < 4.78 is 0. The number of rotatable bonds is 9. The highest BCUT2D eigenvalue weighted by Gasteiger charge is 2.16. The first-order valence-electron chi connectivity index (χ1n) is 9.02. The molecule has 0 atom stereocenters. The maximum atomic E-state index is 2.64. The second kappa shape index (κ2) is 9.98. The van der Waals surface area contributed by atoms with Crippen molar-refractivity contribution in [3.8, 4) is 0 Å². The van der Waals surface area contributed by atoms with Crippen LogP contribution in [0.1, 0.15) is 25.8 Å². The lowest BCUT2D eigenvalue weighted by Crippen LogP contribution is -2.48. The first-order chi connectivity index (χ1) is 10.8. The third-order valence-electron chi connectivity index (χ3n) is 4.87. The molecule has 0 bridgehead atoms. The third kappa shape index (κ3) is 6.07. The van der Waals surface area contributed by atoms with Gasteiger partial charge in [-0.05, 0) is 38.0 Å². The fourth-order valence-corrected chi connectivity index (χ4v) is 3.21. The van der Waals surface area contributed by atoms with Crippen LogP contribution in [0.15, 0.2) is 30.3 Å². The Labute approximate surface area is 136 Å². The Balaban J connectivity index is 1.57. The highest BCUT2D eigenvalue weighted by molar-refractivity contribution is 5.14. The maximum Gasteiger partial charge on any atom is 0.0110 e. The van der Waals surface area contributed by atoms with Gasteiger partial charge >= 0.3 is 0 Å². The van der Waals surface area contributed by atoms with Crippen LogP contribution in [0.25, 0.3) is 0 Å². The Morgan fingerprint density at radius 3 is 2.05 bits per heavy atom. The van der Waals surface area contributed by atoms with Gasteiger partial charge in [0.1, 0.15) is 0 Å². The predicted octanol–water partition coefficient (Wildman–Crippen LogP) is 2.58. The van der Waals surface area contributed by atoms with Crippen LogP contribution in [0.5, 0.6) is 0 Å². The Morgan fingerprint density at radius 1 is 0.864 bits per heavy atom. The van der Waals surface area contributed by atoms with Crippen molar-refractivity contribution in [2.24, 2.45) is 0 Å². The summed E-state index contributed by atoms with van der Waals surface area (Å²) in [7, 11) is 0. The van der Waals surface area contributed by atoms with E-state index < -0.39 is 0 Å². The predicted molar refractivity (Wildman–Crippen MR) is 95.4 cm³/mol. The van der Waals surface area contributed by atoms with E-state index in [4.69, 9.17) is 0 Å². The van der Waals surface area contributed by atoms with E-state index in [1.54, 1.807) is 0 Å². The van der Waals surface area contributed by atoms with Gasteiger partial charge in [-0.2, -0.15) is 0 Å². The molecule has 0 radical (unpaired) electrons. The Hall–Kier alpha value is -0.900. The standard InChI is InChI=1S/C19H33N3/c1-3-20(4-2)13-14-22-17-15-21(16-18-22)12-8-11-19-9-6-5-7-10-19/h5-7,9-10H,3-4,8,11-18H2,1-2H3. The molecule has 3 heteroatoms. The van der Waals surface area contributed by atoms with Crippen molar-refractivity contribution < 1.29 is 0 Å². The van der Waals surface area contributed by atoms with Crippen LogP contribution in [-0.4, -0.2) is 73.6 Å². The first kappa shape index (κ1) is 17.5. The molecule has 0 amide bonds. The third-order valence-corrected chi connectivity index (χ3v) is 4.87. The molecule has 124 valence electrons. The lowest BCUT2D eigenvalue weighted by Gasteiger charge is -2.35. The molecule has 0 aliphatic carbocycles. The fraction of sp³-hybridized carbons (Fsp3) is 0.684. The Morgan fingerprint density at radius 2 is 1.45 bits per heavy atom. The molecule has 1 fully saturated rings. The Bertz CT molecular complexity index is 381. The molecule has 22 heavy (non-hydrogen) atoms. The van der Waals surface area contributed by atoms with Gasteiger partial charge in [0.15, 0.2) is 0 Å². The van der Waals surface area contributed by atoms with Crippen molar-refractivity contribution >= 4 is 0 Å². The van der Waals surface area contributed by atoms with Gasteiger partial charge in [0.2, 0.25) is 0 Å². The molecule has 1 aliphatic heterocycles. The summed E-state index contributed by atoms with van der Waals surface area (Å²) in [6, 6.07) is 10.9. The van der Waals surface area contributed by atoms with Crippen molar-refractivity contribution in [3.05, 3.63) is 35.9 Å². The van der Waals surface area contributed by atoms with Crippen LogP contribution in [0.4, 0.5) is 0 Å². The molecule has 0 spiro atoms. The number of benzene rings is 1. The van der Waals surface area contributed by atoms with Crippen LogP contribution < -0.4 is 0 Å². The highest BCUT2D eigenvalue weighted by atomic mass is 15.3. The van der Waals surface area contributed by atoms with Gasteiger partial charge in [-0.1, -0.05) is 44.2 Å². The van der Waals surface area contributed by atoms with E-state index in [2.05, 4.69) is 58.9 Å². The minimum absolute atomic E-state index is 1.18. The van der Waals surface area contributed by atoms with E-state index >= 15 is 0 Å². The Kier molecular flexibility index (Phi) is 7.92. The van der Waals surface area contributed by atoms with Crippen molar-refractivity contribution in [3.63, 3.8) is 0 Å². The lowest BCUT2D eigenvalue weighted by molar-refractivity contribution is 0.119. The summed E-state index contributed by atoms with van der Waals surface area (Å²) in [6.45, 7) is 15.5. The quantitative estimate of drug-likeness (QED) is 0.694. The number of likely N-dealkylation sites (N-methyl/N-ethyl adjacent to an activating group) is 1. The van der Waals surface area contributed by atoms with Gasteiger partial charge in [-0.25, -0.2) is 0 Å². The second-order valence-corrected chi connectivity index (χ2v) is 6.30. The molecule has 0 unspecified atom stereocenters. The molecule has 1 aromatic rings. The van der Waals surface area contributed by atoms with Gasteiger partial charge in [0.05, 0.1) is 0 Å². The minimum Gasteiger partial charge on any atom is -0.303 e. The molecule has 1 saturated heterocycles. The summed E-state index contributed by atoms with van der Waals surface area (Å²) in [6.07, 6.45) is 2.49. The maximum absolute atomic E-state index is 2.64. The monoisotopic (exact) mass is 303 g/mol. The minimum atomic E-state index is 1.18. The normalized spacial score (nSPS) is 17.2. The number of hydrogen-bond acceptors (Lipinski definition) is 3. The summed E-state index contributed by atoms with van der Waals surface area (Å²) in [5, 5.41) is 0. The molecule has 1 aliphatic rings. The van der Waals surface area contributed by atoms with Crippen molar-refractivity contribution in [1.82, 2.24) is 14.7 Å². The van der Waals surface area contributed by atoms with E-state index in [1.165, 1.54) is 77.3 Å². The van der Waals surface area contributed by atoms with E-state index in [-0.39, 0.29) is 0 Å². The molecule has 2 rings (SSSR count). The van der Waals surface area contributed by atoms with E-state index in [0.717, 1.165) is 0 Å². The van der Waals surface area contributed by atoms with Gasteiger partial charge in [-0.15, -0.1) is 0 Å². The van der Waals surface area contributed by atoms with Gasteiger partial charge in [-0.3, -0.25) is 4.90 Å². The number of piperazine rings is 1. The van der Waals surface area contributed by atoms with Crippen LogP contribution in [0, 0.1) is 0 Å². The number of nitrogens with zero attached hydrogens (tertiary/aromatic N) is 3. The SMILES string of the molecule is CCN(CC)CCN1CCN(CCCc2ccccc2)CC1. The molecule has 1 aromatic carbocycles.